The predicted molar refractivity (Wildman–Crippen MR) is 100 cm³/mol. The molecule has 3 rings (SSSR count). The summed E-state index contributed by atoms with van der Waals surface area (Å²) in [5.41, 5.74) is 1.64. The number of aromatic hydroxyl groups is 1. The van der Waals surface area contributed by atoms with Crippen molar-refractivity contribution in [3.63, 3.8) is 0 Å². The number of hydrogen-bond acceptors (Lipinski definition) is 3. The van der Waals surface area contributed by atoms with E-state index in [1.807, 2.05) is 54.6 Å². The third kappa shape index (κ3) is 3.21. The van der Waals surface area contributed by atoms with E-state index in [9.17, 15) is 9.90 Å². The highest BCUT2D eigenvalue weighted by molar-refractivity contribution is 7.80. The highest BCUT2D eigenvalue weighted by atomic mass is 32.1. The number of phenolic OH excluding ortho intramolecular Hbond substituents is 1. The molecule has 0 aliphatic heterocycles. The standard InChI is InChI=1S/C19H16N2O2S/c1-12-15-10-6-5-7-13(15)11-16(17(12)22)18(23)21-19(24)20-14-8-3-2-4-9-14/h2-11,22H,1H3,(H2,20,21,23,24). The van der Waals surface area contributed by atoms with Gasteiger partial charge in [0.05, 0.1) is 5.56 Å². The Bertz CT molecular complexity index is 923. The van der Waals surface area contributed by atoms with Crippen molar-refractivity contribution in [3.05, 3.63) is 71.8 Å². The zero-order valence-corrected chi connectivity index (χ0v) is 13.9. The van der Waals surface area contributed by atoms with Crippen molar-refractivity contribution in [1.29, 1.82) is 0 Å². The fourth-order valence-corrected chi connectivity index (χ4v) is 2.76. The van der Waals surface area contributed by atoms with Crippen LogP contribution >= 0.6 is 12.2 Å². The van der Waals surface area contributed by atoms with E-state index >= 15 is 0 Å². The number of thiocarbonyl (C=S) groups is 1. The van der Waals surface area contributed by atoms with Crippen LogP contribution < -0.4 is 10.6 Å². The Morgan fingerprint density at radius 3 is 2.46 bits per heavy atom. The normalized spacial score (nSPS) is 10.4. The second-order valence-corrected chi connectivity index (χ2v) is 5.80. The Morgan fingerprint density at radius 1 is 1.04 bits per heavy atom. The fourth-order valence-electron chi connectivity index (χ4n) is 2.55. The van der Waals surface area contributed by atoms with Crippen LogP contribution in [-0.2, 0) is 0 Å². The third-order valence-electron chi connectivity index (χ3n) is 3.78. The van der Waals surface area contributed by atoms with Crippen LogP contribution in [0.2, 0.25) is 0 Å². The van der Waals surface area contributed by atoms with Crippen LogP contribution in [0.15, 0.2) is 60.7 Å². The zero-order chi connectivity index (χ0) is 17.1. The summed E-state index contributed by atoms with van der Waals surface area (Å²) in [6.07, 6.45) is 0. The molecule has 0 radical (unpaired) electrons. The first-order valence-electron chi connectivity index (χ1n) is 7.45. The quantitative estimate of drug-likeness (QED) is 0.620. The molecule has 0 heterocycles. The molecule has 0 saturated carbocycles. The number of para-hydroxylation sites is 1. The largest absolute Gasteiger partial charge is 0.507 e. The fraction of sp³-hybridized carbons (Fsp3) is 0.0526. The first kappa shape index (κ1) is 16.0. The second-order valence-electron chi connectivity index (χ2n) is 5.39. The van der Waals surface area contributed by atoms with Gasteiger partial charge in [0.1, 0.15) is 5.75 Å². The maximum Gasteiger partial charge on any atom is 0.261 e. The number of carbonyl (C=O) groups excluding carboxylic acids is 1. The number of phenols is 1. The van der Waals surface area contributed by atoms with Crippen LogP contribution in [0.3, 0.4) is 0 Å². The first-order chi connectivity index (χ1) is 11.6. The van der Waals surface area contributed by atoms with Gasteiger partial charge < -0.3 is 10.4 Å². The Balaban J connectivity index is 1.83. The molecule has 0 fully saturated rings. The predicted octanol–water partition coefficient (Wildman–Crippen LogP) is 3.98. The molecule has 4 nitrogen and oxygen atoms in total. The molecular weight excluding hydrogens is 320 g/mol. The van der Waals surface area contributed by atoms with E-state index in [1.165, 1.54) is 0 Å². The smallest absolute Gasteiger partial charge is 0.261 e. The van der Waals surface area contributed by atoms with Gasteiger partial charge in [-0.15, -0.1) is 0 Å². The SMILES string of the molecule is Cc1c(O)c(C(=O)NC(=S)Nc2ccccc2)cc2ccccc12. The van der Waals surface area contributed by atoms with E-state index in [4.69, 9.17) is 12.2 Å². The molecule has 0 aliphatic carbocycles. The van der Waals surface area contributed by atoms with E-state index in [0.717, 1.165) is 16.5 Å². The molecule has 0 spiro atoms. The molecule has 5 heteroatoms. The van der Waals surface area contributed by atoms with Crippen molar-refractivity contribution in [2.75, 3.05) is 5.32 Å². The monoisotopic (exact) mass is 336 g/mol. The first-order valence-corrected chi connectivity index (χ1v) is 7.86. The van der Waals surface area contributed by atoms with Gasteiger partial charge in [0.15, 0.2) is 5.11 Å². The average Bonchev–Trinajstić information content (AvgIpc) is 2.58. The summed E-state index contributed by atoms with van der Waals surface area (Å²) in [5, 5.41) is 17.9. The summed E-state index contributed by atoms with van der Waals surface area (Å²) in [6.45, 7) is 1.79. The summed E-state index contributed by atoms with van der Waals surface area (Å²) < 4.78 is 0. The van der Waals surface area contributed by atoms with Crippen LogP contribution in [0.1, 0.15) is 15.9 Å². The van der Waals surface area contributed by atoms with Crippen molar-refractivity contribution in [3.8, 4) is 5.75 Å². The van der Waals surface area contributed by atoms with Gasteiger partial charge in [0, 0.05) is 5.69 Å². The topological polar surface area (TPSA) is 61.4 Å². The minimum Gasteiger partial charge on any atom is -0.507 e. The molecule has 0 saturated heterocycles. The minimum atomic E-state index is -0.449. The molecule has 0 atom stereocenters. The molecule has 1 amide bonds. The molecular formula is C19H16N2O2S. The summed E-state index contributed by atoms with van der Waals surface area (Å²) in [4.78, 5) is 12.5. The number of carbonyl (C=O) groups is 1. The zero-order valence-electron chi connectivity index (χ0n) is 13.0. The number of nitrogens with one attached hydrogen (secondary N) is 2. The van der Waals surface area contributed by atoms with Gasteiger partial charge in [-0.2, -0.15) is 0 Å². The van der Waals surface area contributed by atoms with Crippen molar-refractivity contribution in [2.24, 2.45) is 0 Å². The van der Waals surface area contributed by atoms with Gasteiger partial charge in [-0.05, 0) is 53.7 Å². The number of rotatable bonds is 2. The van der Waals surface area contributed by atoms with Crippen LogP contribution in [0.5, 0.6) is 5.75 Å². The van der Waals surface area contributed by atoms with Gasteiger partial charge in [-0.25, -0.2) is 0 Å². The molecule has 3 aromatic carbocycles. The number of fused-ring (bicyclic) bond motifs is 1. The number of benzene rings is 3. The minimum absolute atomic E-state index is 0.0336. The molecule has 0 unspecified atom stereocenters. The third-order valence-corrected chi connectivity index (χ3v) is 3.98. The summed E-state index contributed by atoms with van der Waals surface area (Å²) in [6, 6.07) is 18.6. The van der Waals surface area contributed by atoms with Crippen LogP contribution in [0, 0.1) is 6.92 Å². The Labute approximate surface area is 145 Å². The van der Waals surface area contributed by atoms with Crippen molar-refractivity contribution >= 4 is 39.7 Å². The van der Waals surface area contributed by atoms with E-state index < -0.39 is 5.91 Å². The van der Waals surface area contributed by atoms with Gasteiger partial charge in [-0.1, -0.05) is 42.5 Å². The summed E-state index contributed by atoms with van der Waals surface area (Å²) in [5.74, 6) is -0.483. The number of anilines is 1. The molecule has 24 heavy (non-hydrogen) atoms. The lowest BCUT2D eigenvalue weighted by Gasteiger charge is -2.13. The van der Waals surface area contributed by atoms with Crippen LogP contribution in [0.4, 0.5) is 5.69 Å². The Morgan fingerprint density at radius 2 is 1.71 bits per heavy atom. The van der Waals surface area contributed by atoms with Gasteiger partial charge >= 0.3 is 0 Å². The van der Waals surface area contributed by atoms with Crippen molar-refractivity contribution in [2.45, 2.75) is 6.92 Å². The number of aryl methyl sites for hydroxylation is 1. The van der Waals surface area contributed by atoms with E-state index in [0.29, 0.717) is 5.56 Å². The van der Waals surface area contributed by atoms with Gasteiger partial charge in [0.2, 0.25) is 0 Å². The highest BCUT2D eigenvalue weighted by Gasteiger charge is 2.16. The Kier molecular flexibility index (Phi) is 4.44. The Hall–Kier alpha value is -2.92. The lowest BCUT2D eigenvalue weighted by Crippen LogP contribution is -2.34. The van der Waals surface area contributed by atoms with E-state index in [2.05, 4.69) is 10.6 Å². The lowest BCUT2D eigenvalue weighted by molar-refractivity contribution is 0.0975. The molecule has 120 valence electrons. The van der Waals surface area contributed by atoms with Crippen molar-refractivity contribution < 1.29 is 9.90 Å². The van der Waals surface area contributed by atoms with Crippen LogP contribution in [-0.4, -0.2) is 16.1 Å². The van der Waals surface area contributed by atoms with E-state index in [-0.39, 0.29) is 16.4 Å². The van der Waals surface area contributed by atoms with Crippen molar-refractivity contribution in [1.82, 2.24) is 5.32 Å². The molecule has 3 N–H and O–H groups in total. The summed E-state index contributed by atoms with van der Waals surface area (Å²) in [7, 11) is 0. The molecule has 0 aromatic heterocycles. The van der Waals surface area contributed by atoms with E-state index in [1.54, 1.807) is 13.0 Å². The molecule has 0 aliphatic rings. The van der Waals surface area contributed by atoms with Gasteiger partial charge in [0.25, 0.3) is 5.91 Å². The number of hydrogen-bond donors (Lipinski definition) is 3. The molecule has 0 bridgehead atoms. The highest BCUT2D eigenvalue weighted by Crippen LogP contribution is 2.30. The number of amides is 1. The summed E-state index contributed by atoms with van der Waals surface area (Å²) >= 11 is 5.16. The average molecular weight is 336 g/mol. The van der Waals surface area contributed by atoms with Crippen LogP contribution in [0.25, 0.3) is 10.8 Å². The second kappa shape index (κ2) is 6.68. The lowest BCUT2D eigenvalue weighted by atomic mass is 10.00. The molecule has 3 aromatic rings. The maximum absolute atomic E-state index is 12.5. The van der Waals surface area contributed by atoms with Gasteiger partial charge in [-0.3, -0.25) is 10.1 Å². The maximum atomic E-state index is 12.5.